The summed E-state index contributed by atoms with van der Waals surface area (Å²) in [4.78, 5) is 15.2. The summed E-state index contributed by atoms with van der Waals surface area (Å²) in [7, 11) is 0. The second-order valence-electron chi connectivity index (χ2n) is 17.3. The summed E-state index contributed by atoms with van der Waals surface area (Å²) >= 11 is 0. The lowest BCUT2D eigenvalue weighted by molar-refractivity contribution is 0.588. The van der Waals surface area contributed by atoms with E-state index in [1.54, 1.807) is 0 Å². The molecule has 1 heterocycles. The maximum Gasteiger partial charge on any atom is 0.164 e. The third kappa shape index (κ3) is 4.55. The average Bonchev–Trinajstić information content (AvgIpc) is 3.69. The summed E-state index contributed by atoms with van der Waals surface area (Å²) in [5, 5.41) is 0. The van der Waals surface area contributed by atoms with Crippen molar-refractivity contribution in [2.24, 2.45) is 0 Å². The second-order valence-corrected chi connectivity index (χ2v) is 17.3. The molecule has 0 saturated heterocycles. The van der Waals surface area contributed by atoms with E-state index in [4.69, 9.17) is 15.0 Å². The molecule has 1 unspecified atom stereocenters. The summed E-state index contributed by atoms with van der Waals surface area (Å²) in [5.41, 5.74) is 19.3. The molecule has 3 nitrogen and oxygen atoms in total. The predicted octanol–water partition coefficient (Wildman–Crippen LogP) is 12.8. The molecular formula is C53H41N3. The minimum absolute atomic E-state index is 0.0191. The molecule has 4 bridgehead atoms. The van der Waals surface area contributed by atoms with Gasteiger partial charge in [-0.15, -0.1) is 0 Å². The van der Waals surface area contributed by atoms with Crippen molar-refractivity contribution in [1.29, 1.82) is 0 Å². The van der Waals surface area contributed by atoms with Gasteiger partial charge in [-0.25, -0.2) is 15.0 Å². The van der Waals surface area contributed by atoms with Gasteiger partial charge in [-0.05, 0) is 89.9 Å². The number of aromatic nitrogens is 3. The lowest BCUT2D eigenvalue weighted by atomic mass is 9.66. The zero-order valence-electron chi connectivity index (χ0n) is 32.4. The van der Waals surface area contributed by atoms with Gasteiger partial charge in [-0.1, -0.05) is 180 Å². The van der Waals surface area contributed by atoms with Crippen LogP contribution in [0.4, 0.5) is 0 Å². The Bertz CT molecular complexity index is 2860. The van der Waals surface area contributed by atoms with Gasteiger partial charge in [0.25, 0.3) is 0 Å². The van der Waals surface area contributed by atoms with Gasteiger partial charge in [0.2, 0.25) is 0 Å². The molecule has 56 heavy (non-hydrogen) atoms. The molecule has 0 radical (unpaired) electrons. The van der Waals surface area contributed by atoms with Crippen LogP contribution in [0.5, 0.6) is 0 Å². The van der Waals surface area contributed by atoms with Crippen LogP contribution in [0.15, 0.2) is 158 Å². The van der Waals surface area contributed by atoms with Crippen LogP contribution in [0, 0.1) is 0 Å². The van der Waals surface area contributed by atoms with Crippen molar-refractivity contribution in [2.75, 3.05) is 0 Å². The van der Waals surface area contributed by atoms with E-state index in [0.29, 0.717) is 17.5 Å². The number of hydrogen-bond acceptors (Lipinski definition) is 3. The number of nitrogens with zero attached hydrogens (tertiary/aromatic N) is 3. The van der Waals surface area contributed by atoms with Crippen molar-refractivity contribution in [2.45, 2.75) is 50.9 Å². The Morgan fingerprint density at radius 2 is 0.857 bits per heavy atom. The van der Waals surface area contributed by atoms with Crippen molar-refractivity contribution in [3.05, 3.63) is 197 Å². The molecule has 268 valence electrons. The zero-order valence-corrected chi connectivity index (χ0v) is 32.4. The van der Waals surface area contributed by atoms with E-state index in [9.17, 15) is 0 Å². The first kappa shape index (κ1) is 32.9. The molecule has 3 aliphatic carbocycles. The van der Waals surface area contributed by atoms with E-state index < -0.39 is 5.41 Å². The van der Waals surface area contributed by atoms with Gasteiger partial charge in [-0.2, -0.15) is 0 Å². The molecule has 0 N–H and O–H groups in total. The number of fused-ring (bicyclic) bond motifs is 8. The summed E-state index contributed by atoms with van der Waals surface area (Å²) in [6, 6.07) is 58.2. The Morgan fingerprint density at radius 1 is 0.375 bits per heavy atom. The van der Waals surface area contributed by atoms with E-state index in [1.807, 2.05) is 36.4 Å². The highest BCUT2D eigenvalue weighted by atomic mass is 15.0. The molecule has 0 aliphatic heterocycles. The van der Waals surface area contributed by atoms with Crippen molar-refractivity contribution in [1.82, 2.24) is 15.0 Å². The number of rotatable bonds is 3. The summed E-state index contributed by atoms with van der Waals surface area (Å²) in [5.74, 6) is 1.99. The van der Waals surface area contributed by atoms with Crippen LogP contribution in [-0.2, 0) is 16.2 Å². The molecule has 1 aromatic heterocycles. The predicted molar refractivity (Wildman–Crippen MR) is 229 cm³/mol. The average molecular weight is 720 g/mol. The molecule has 1 atom stereocenters. The molecule has 11 rings (SSSR count). The Kier molecular flexibility index (Phi) is 6.78. The fraction of sp³-hybridized carbons (Fsp3) is 0.151. The van der Waals surface area contributed by atoms with Crippen LogP contribution in [0.3, 0.4) is 0 Å². The summed E-state index contributed by atoms with van der Waals surface area (Å²) in [6.45, 7) is 11.7. The Balaban J connectivity index is 1.18. The van der Waals surface area contributed by atoms with E-state index >= 15 is 0 Å². The Morgan fingerprint density at radius 3 is 1.52 bits per heavy atom. The maximum atomic E-state index is 5.13. The van der Waals surface area contributed by atoms with Crippen molar-refractivity contribution < 1.29 is 0 Å². The smallest absolute Gasteiger partial charge is 0.164 e. The van der Waals surface area contributed by atoms with E-state index in [-0.39, 0.29) is 10.8 Å². The third-order valence-corrected chi connectivity index (χ3v) is 12.7. The Hall–Kier alpha value is -6.45. The van der Waals surface area contributed by atoms with Crippen molar-refractivity contribution in [3.63, 3.8) is 0 Å². The first-order valence-electron chi connectivity index (χ1n) is 19.7. The molecule has 3 aliphatic rings. The third-order valence-electron chi connectivity index (χ3n) is 12.7. The van der Waals surface area contributed by atoms with E-state index in [2.05, 4.69) is 156 Å². The van der Waals surface area contributed by atoms with Gasteiger partial charge >= 0.3 is 0 Å². The van der Waals surface area contributed by atoms with Crippen LogP contribution in [0.2, 0.25) is 0 Å². The monoisotopic (exact) mass is 719 g/mol. The first-order valence-corrected chi connectivity index (χ1v) is 19.7. The minimum Gasteiger partial charge on any atom is -0.208 e. The highest BCUT2D eigenvalue weighted by molar-refractivity contribution is 5.97. The topological polar surface area (TPSA) is 38.7 Å². The molecule has 3 heteroatoms. The van der Waals surface area contributed by atoms with Crippen LogP contribution in [0.25, 0.3) is 67.5 Å². The van der Waals surface area contributed by atoms with Crippen LogP contribution >= 0.6 is 0 Å². The number of benzene rings is 7. The lowest BCUT2D eigenvalue weighted by Gasteiger charge is -2.35. The van der Waals surface area contributed by atoms with Gasteiger partial charge < -0.3 is 0 Å². The molecule has 7 aromatic carbocycles. The Labute approximate surface area is 328 Å². The molecule has 0 fully saturated rings. The maximum absolute atomic E-state index is 5.13. The largest absolute Gasteiger partial charge is 0.208 e. The second kappa shape index (κ2) is 11.5. The lowest BCUT2D eigenvalue weighted by Crippen LogP contribution is -2.28. The van der Waals surface area contributed by atoms with Crippen LogP contribution in [0.1, 0.15) is 73.6 Å². The van der Waals surface area contributed by atoms with Gasteiger partial charge in [-0.3, -0.25) is 0 Å². The molecule has 0 saturated carbocycles. The molecule has 1 spiro atoms. The SMILES string of the molecule is CC(C)(C)c1ccc2c(c1)C13c4ccccc4-c4ccc(cc41)-c1ccc(-c4nc(-c5ccccc5)nc(-c5ccccc5)n4)cc1C(C)(C)c1ccc-2c3c1. The van der Waals surface area contributed by atoms with E-state index in [1.165, 1.54) is 72.3 Å². The van der Waals surface area contributed by atoms with Crippen molar-refractivity contribution >= 4 is 0 Å². The van der Waals surface area contributed by atoms with Gasteiger partial charge in [0.15, 0.2) is 17.5 Å². The quantitative estimate of drug-likeness (QED) is 0.182. The fourth-order valence-electron chi connectivity index (χ4n) is 9.75. The standard InChI is InChI=1S/C53H41N3/c1-51(2,3)36-22-26-41-42-27-23-37-31-47(42)53(46(41)30-36)43-19-13-12-18-39(43)40-25-20-34(28-45(40)53)38-24-21-35(29-44(38)52(37,4)5)50-55-48(32-14-8-6-9-15-32)54-49(56-50)33-16-10-7-11-17-33/h6-31H,1-5H3. The molecular weight excluding hydrogens is 679 g/mol. The first-order chi connectivity index (χ1) is 27.1. The van der Waals surface area contributed by atoms with Crippen LogP contribution in [-0.4, -0.2) is 15.0 Å². The van der Waals surface area contributed by atoms with Gasteiger partial charge in [0.05, 0.1) is 5.41 Å². The zero-order chi connectivity index (χ0) is 38.0. The fourth-order valence-corrected chi connectivity index (χ4v) is 9.75. The highest BCUT2D eigenvalue weighted by Gasteiger charge is 2.52. The van der Waals surface area contributed by atoms with E-state index in [0.717, 1.165) is 16.7 Å². The minimum atomic E-state index is -0.413. The van der Waals surface area contributed by atoms with Gasteiger partial charge in [0.1, 0.15) is 0 Å². The highest BCUT2D eigenvalue weighted by Crippen LogP contribution is 2.64. The normalized spacial score (nSPS) is 16.5. The summed E-state index contributed by atoms with van der Waals surface area (Å²) < 4.78 is 0. The summed E-state index contributed by atoms with van der Waals surface area (Å²) in [6.07, 6.45) is 0. The number of hydrogen-bond donors (Lipinski definition) is 0. The molecule has 8 aromatic rings. The molecule has 0 amide bonds. The van der Waals surface area contributed by atoms with Crippen LogP contribution < -0.4 is 0 Å². The van der Waals surface area contributed by atoms with Gasteiger partial charge in [0, 0.05) is 22.1 Å². The van der Waals surface area contributed by atoms with Crippen molar-refractivity contribution in [3.8, 4) is 67.5 Å².